The van der Waals surface area contributed by atoms with E-state index in [9.17, 15) is 33.6 Å². The number of Topliss-reactive ketones (excluding diaryl/α,β-unsaturated/α-hetero) is 1. The summed E-state index contributed by atoms with van der Waals surface area (Å²) in [6.07, 6.45) is 11.2. The van der Waals surface area contributed by atoms with E-state index in [0.29, 0.717) is 78.6 Å². The molecular weight excluding hydrogens is 895 g/mol. The minimum Gasteiger partial charge on any atom is -0.485 e. The molecule has 4 N–H and O–H groups in total. The molecule has 1 unspecified atom stereocenters. The number of nitrogens with zero attached hydrogens (tertiary/aromatic N) is 6. The average Bonchev–Trinajstić information content (AvgIpc) is 3.87. The number of benzene rings is 3. The first kappa shape index (κ1) is 48.8. The normalized spacial score (nSPS) is 16.3. The number of para-hydroxylation sites is 1. The second kappa shape index (κ2) is 22.7. The lowest BCUT2D eigenvalue weighted by atomic mass is 10.0. The fourth-order valence-electron chi connectivity index (χ4n) is 9.27. The molecule has 0 aliphatic carbocycles. The van der Waals surface area contributed by atoms with Crippen LogP contribution >= 0.6 is 0 Å². The van der Waals surface area contributed by atoms with Crippen molar-refractivity contribution in [3.8, 4) is 28.5 Å². The van der Waals surface area contributed by atoms with Gasteiger partial charge in [0, 0.05) is 50.0 Å². The van der Waals surface area contributed by atoms with Gasteiger partial charge >= 0.3 is 0 Å². The predicted octanol–water partition coefficient (Wildman–Crippen LogP) is 6.09. The highest BCUT2D eigenvalue weighted by Gasteiger charge is 2.46. The van der Waals surface area contributed by atoms with Crippen LogP contribution < -0.4 is 25.8 Å². The summed E-state index contributed by atoms with van der Waals surface area (Å²) in [6, 6.07) is 18.5. The number of allylic oxidation sites excluding steroid dienone is 1. The van der Waals surface area contributed by atoms with E-state index in [4.69, 9.17) is 20.3 Å². The van der Waals surface area contributed by atoms with Gasteiger partial charge in [-0.3, -0.25) is 48.7 Å². The van der Waals surface area contributed by atoms with Gasteiger partial charge in [-0.1, -0.05) is 62.9 Å². The van der Waals surface area contributed by atoms with Crippen LogP contribution in [0.4, 0.5) is 5.82 Å². The van der Waals surface area contributed by atoms with Crippen molar-refractivity contribution in [3.05, 3.63) is 102 Å². The molecule has 5 aromatic rings. The molecule has 2 aromatic heterocycles. The van der Waals surface area contributed by atoms with E-state index < -0.39 is 29.7 Å². The van der Waals surface area contributed by atoms with E-state index >= 15 is 0 Å². The van der Waals surface area contributed by atoms with Crippen molar-refractivity contribution in [2.75, 3.05) is 38.5 Å². The number of nitrogens with two attached hydrogens (primary N) is 1. The lowest BCUT2D eigenvalue weighted by Crippen LogP contribution is -2.54. The lowest BCUT2D eigenvalue weighted by molar-refractivity contribution is -0.136. The Balaban J connectivity index is 0.719. The molecule has 8 rings (SSSR count). The largest absolute Gasteiger partial charge is 0.485 e. The first-order valence-corrected chi connectivity index (χ1v) is 24.0. The van der Waals surface area contributed by atoms with Crippen molar-refractivity contribution < 1.29 is 43.0 Å². The van der Waals surface area contributed by atoms with Gasteiger partial charge in [0.1, 0.15) is 47.7 Å². The van der Waals surface area contributed by atoms with Crippen LogP contribution in [0.3, 0.4) is 0 Å². The van der Waals surface area contributed by atoms with Crippen molar-refractivity contribution in [1.82, 2.24) is 40.2 Å². The number of imide groups is 2. The molecule has 1 atom stereocenters. The smallest absolute Gasteiger partial charge is 0.266 e. The highest BCUT2D eigenvalue weighted by Crippen LogP contribution is 2.38. The third-order valence-corrected chi connectivity index (χ3v) is 13.0. The van der Waals surface area contributed by atoms with Crippen molar-refractivity contribution in [3.63, 3.8) is 0 Å². The number of rotatable bonds is 23. The molecule has 364 valence electrons. The summed E-state index contributed by atoms with van der Waals surface area (Å²) in [5.41, 5.74) is 9.24. The summed E-state index contributed by atoms with van der Waals surface area (Å²) in [7, 11) is 0. The van der Waals surface area contributed by atoms with Crippen molar-refractivity contribution >= 4 is 58.0 Å². The Morgan fingerprint density at radius 1 is 0.857 bits per heavy atom. The number of ketones is 2. The van der Waals surface area contributed by atoms with E-state index in [1.165, 1.54) is 24.5 Å². The number of carbonyl (C=O) groups excluding carboxylic acids is 7. The maximum atomic E-state index is 13.3. The SMILES string of the molecule is C=CC(=O)Cc1cc(-c2nn(C3CCN(CC(=O)NCCCCCCCCCC(=O)COc4cccc5c4C(=O)N(C4CCC(=O)NC4=O)C5=O)CC3)c3ncnc(N)c23)ccc1Oc1ccccc1. The third kappa shape index (κ3) is 11.5. The number of unbranched alkanes of at least 4 members (excludes halogenated alkanes) is 6. The van der Waals surface area contributed by atoms with Crippen LogP contribution in [0.2, 0.25) is 0 Å². The minimum absolute atomic E-state index is 0.00389. The number of ether oxygens (including phenoxy) is 2. The van der Waals surface area contributed by atoms with Gasteiger partial charge in [-0.2, -0.15) is 5.10 Å². The van der Waals surface area contributed by atoms with Gasteiger partial charge in [0.25, 0.3) is 11.8 Å². The number of nitrogen functional groups attached to an aromatic ring is 1. The Kier molecular flexibility index (Phi) is 15.8. The zero-order valence-electron chi connectivity index (χ0n) is 39.0. The Bertz CT molecular complexity index is 2800. The molecule has 2 fully saturated rings. The van der Waals surface area contributed by atoms with Crippen LogP contribution in [-0.2, 0) is 30.4 Å². The van der Waals surface area contributed by atoms with Crippen LogP contribution in [0.25, 0.3) is 22.3 Å². The van der Waals surface area contributed by atoms with Crippen LogP contribution in [0.1, 0.15) is 109 Å². The number of fused-ring (bicyclic) bond motifs is 2. The van der Waals surface area contributed by atoms with Crippen LogP contribution in [0.5, 0.6) is 17.2 Å². The van der Waals surface area contributed by atoms with Gasteiger partial charge in [0.2, 0.25) is 17.7 Å². The average molecular weight is 952 g/mol. The molecule has 0 bridgehead atoms. The van der Waals surface area contributed by atoms with E-state index in [0.717, 1.165) is 61.8 Å². The van der Waals surface area contributed by atoms with Gasteiger partial charge in [-0.15, -0.1) is 0 Å². The number of nitrogens with one attached hydrogen (secondary N) is 2. The molecule has 0 saturated carbocycles. The van der Waals surface area contributed by atoms with E-state index in [2.05, 4.69) is 32.1 Å². The molecule has 0 spiro atoms. The molecule has 3 aliphatic heterocycles. The Hall–Kier alpha value is -7.60. The summed E-state index contributed by atoms with van der Waals surface area (Å²) < 4.78 is 13.8. The molecule has 3 aromatic carbocycles. The fourth-order valence-corrected chi connectivity index (χ4v) is 9.27. The maximum Gasteiger partial charge on any atom is 0.266 e. The Morgan fingerprint density at radius 2 is 1.61 bits per heavy atom. The molecule has 18 nitrogen and oxygen atoms in total. The predicted molar refractivity (Wildman–Crippen MR) is 259 cm³/mol. The number of hydrogen-bond donors (Lipinski definition) is 3. The van der Waals surface area contributed by atoms with Gasteiger partial charge in [-0.25, -0.2) is 14.6 Å². The zero-order valence-corrected chi connectivity index (χ0v) is 39.0. The van der Waals surface area contributed by atoms with Crippen molar-refractivity contribution in [2.24, 2.45) is 0 Å². The van der Waals surface area contributed by atoms with Gasteiger partial charge < -0.3 is 20.5 Å². The number of aromatic nitrogens is 4. The van der Waals surface area contributed by atoms with Gasteiger partial charge in [-0.05, 0) is 80.6 Å². The van der Waals surface area contributed by atoms with Gasteiger partial charge in [0.05, 0.1) is 29.1 Å². The van der Waals surface area contributed by atoms with E-state index in [1.54, 1.807) is 6.07 Å². The summed E-state index contributed by atoms with van der Waals surface area (Å²) in [5, 5.41) is 10.9. The second-order valence-electron chi connectivity index (χ2n) is 17.9. The highest BCUT2D eigenvalue weighted by molar-refractivity contribution is 6.24. The van der Waals surface area contributed by atoms with E-state index in [1.807, 2.05) is 53.2 Å². The number of anilines is 1. The first-order chi connectivity index (χ1) is 34.0. The molecule has 70 heavy (non-hydrogen) atoms. The summed E-state index contributed by atoms with van der Waals surface area (Å²) in [5.74, 6) is -1.11. The van der Waals surface area contributed by atoms with Crippen LogP contribution in [0, 0.1) is 0 Å². The van der Waals surface area contributed by atoms with Gasteiger partial charge in [0.15, 0.2) is 17.2 Å². The van der Waals surface area contributed by atoms with Crippen LogP contribution in [-0.4, -0.2) is 109 Å². The molecular formula is C52H57N9O9. The maximum absolute atomic E-state index is 13.3. The summed E-state index contributed by atoms with van der Waals surface area (Å²) in [4.78, 5) is 100. The quantitative estimate of drug-likeness (QED) is 0.0382. The molecule has 5 amide bonds. The van der Waals surface area contributed by atoms with Crippen molar-refractivity contribution in [2.45, 2.75) is 95.6 Å². The van der Waals surface area contributed by atoms with E-state index in [-0.39, 0.29) is 66.3 Å². The monoisotopic (exact) mass is 951 g/mol. The third-order valence-electron chi connectivity index (χ3n) is 13.0. The number of carbonyl (C=O) groups is 7. The topological polar surface area (TPSA) is 238 Å². The molecule has 5 heterocycles. The number of piperidine rings is 2. The minimum atomic E-state index is -1.09. The summed E-state index contributed by atoms with van der Waals surface area (Å²) >= 11 is 0. The Labute approximate surface area is 405 Å². The lowest BCUT2D eigenvalue weighted by Gasteiger charge is -2.31. The first-order valence-electron chi connectivity index (χ1n) is 24.0. The zero-order chi connectivity index (χ0) is 49.1. The van der Waals surface area contributed by atoms with Crippen LogP contribution in [0.15, 0.2) is 85.7 Å². The highest BCUT2D eigenvalue weighted by atomic mass is 16.5. The standard InChI is InChI=1S/C52H57N9O9/c1-2-36(62)29-34-28-33(19-21-41(34)70-38-15-10-8-11-16-38)47-46-48(53)55-32-56-49(46)61(58-47)35-23-26-59(27-24-35)30-44(65)54-25-12-7-5-3-4-6-9-14-37(63)31-69-42-18-13-17-39-45(42)52(68)60(51(39)67)40-20-22-43(64)57-50(40)66/h2,8,10-11,13,15-19,21,28,32,35,40H,1,3-7,9,12,14,20,22-27,29-31H2,(H,54,65)(H2,53,55,56)(H,57,64,66). The molecule has 0 radical (unpaired) electrons. The molecule has 2 saturated heterocycles. The molecule has 3 aliphatic rings. The number of hydrogen-bond acceptors (Lipinski definition) is 14. The van der Waals surface area contributed by atoms with Crippen molar-refractivity contribution in [1.29, 1.82) is 0 Å². The number of amides is 5. The molecule has 18 heteroatoms. The fraction of sp³-hybridized carbons (Fsp3) is 0.385. The second-order valence-corrected chi connectivity index (χ2v) is 17.9. The Morgan fingerprint density at radius 3 is 2.37 bits per heavy atom. The summed E-state index contributed by atoms with van der Waals surface area (Å²) in [6.45, 7) is 5.73. The number of likely N-dealkylation sites (tertiary alicyclic amines) is 1.